The fourth-order valence-corrected chi connectivity index (χ4v) is 3.58. The monoisotopic (exact) mass is 415 g/mol. The van der Waals surface area contributed by atoms with Gasteiger partial charge in [-0.3, -0.25) is 4.79 Å². The molecular weight excluding hydrogens is 394 g/mol. The van der Waals surface area contributed by atoms with Crippen LogP contribution in [0.15, 0.2) is 90.2 Å². The van der Waals surface area contributed by atoms with Gasteiger partial charge >= 0.3 is 0 Å². The highest BCUT2D eigenvalue weighted by atomic mass is 35.5. The molecule has 0 aliphatic rings. The van der Waals surface area contributed by atoms with E-state index in [9.17, 15) is 4.79 Å². The zero-order valence-electron chi connectivity index (χ0n) is 16.5. The zero-order valence-corrected chi connectivity index (χ0v) is 17.2. The molecule has 3 aromatic carbocycles. The molecule has 30 heavy (non-hydrogen) atoms. The number of carbonyl (C=O) groups is 1. The first-order valence-electron chi connectivity index (χ1n) is 9.89. The largest absolute Gasteiger partial charge is 0.342 e. The van der Waals surface area contributed by atoms with E-state index in [-0.39, 0.29) is 5.91 Å². The van der Waals surface area contributed by atoms with Crippen molar-refractivity contribution in [3.8, 4) is 0 Å². The Hall–Kier alpha value is -3.37. The molecule has 0 saturated heterocycles. The number of rotatable bonds is 7. The lowest BCUT2D eigenvalue weighted by Gasteiger charge is -2.05. The van der Waals surface area contributed by atoms with Crippen molar-refractivity contribution in [2.24, 2.45) is 5.10 Å². The quantitative estimate of drug-likeness (QED) is 0.306. The molecule has 0 fully saturated rings. The van der Waals surface area contributed by atoms with E-state index in [2.05, 4.69) is 27.2 Å². The topological polar surface area (TPSA) is 46.4 Å². The Kier molecular flexibility index (Phi) is 6.26. The number of hydrazone groups is 1. The number of hydrogen-bond donors (Lipinski definition) is 1. The highest BCUT2D eigenvalue weighted by Gasteiger charge is 2.14. The molecule has 0 unspecified atom stereocenters. The number of aryl methyl sites for hydroxylation is 1. The maximum Gasteiger partial charge on any atom is 0.273 e. The fourth-order valence-electron chi connectivity index (χ4n) is 3.45. The number of carbonyl (C=O) groups excluding carboxylic acids is 1. The Morgan fingerprint density at radius 3 is 2.47 bits per heavy atom. The van der Waals surface area contributed by atoms with Gasteiger partial charge in [0.2, 0.25) is 0 Å². The highest BCUT2D eigenvalue weighted by Crippen LogP contribution is 2.23. The van der Waals surface area contributed by atoms with E-state index in [1.807, 2.05) is 72.9 Å². The third-order valence-electron chi connectivity index (χ3n) is 4.96. The van der Waals surface area contributed by atoms with Gasteiger partial charge in [-0.25, -0.2) is 5.43 Å². The second kappa shape index (κ2) is 9.42. The predicted octanol–water partition coefficient (Wildman–Crippen LogP) is 5.69. The second-order valence-electron chi connectivity index (χ2n) is 7.09. The number of para-hydroxylation sites is 1. The van der Waals surface area contributed by atoms with Crippen LogP contribution in [0.3, 0.4) is 0 Å². The lowest BCUT2D eigenvalue weighted by Crippen LogP contribution is -2.17. The third kappa shape index (κ3) is 4.78. The van der Waals surface area contributed by atoms with Crippen molar-refractivity contribution in [2.45, 2.75) is 19.4 Å². The molecule has 0 atom stereocenters. The molecule has 0 aliphatic heterocycles. The molecule has 0 aliphatic carbocycles. The SMILES string of the molecule is O=C(N/N=C/CCc1ccccc1)c1cn(Cc2ccc(Cl)cc2)c2ccccc12. The van der Waals surface area contributed by atoms with Crippen molar-refractivity contribution in [1.29, 1.82) is 0 Å². The van der Waals surface area contributed by atoms with Gasteiger partial charge in [-0.1, -0.05) is 72.3 Å². The molecule has 0 bridgehead atoms. The van der Waals surface area contributed by atoms with Crippen LogP contribution in [0.1, 0.15) is 27.9 Å². The minimum absolute atomic E-state index is 0.211. The van der Waals surface area contributed by atoms with Crippen molar-refractivity contribution >= 4 is 34.6 Å². The first-order chi connectivity index (χ1) is 14.7. The summed E-state index contributed by atoms with van der Waals surface area (Å²) in [6.07, 6.45) is 5.29. The lowest BCUT2D eigenvalue weighted by molar-refractivity contribution is 0.0956. The van der Waals surface area contributed by atoms with E-state index in [1.54, 1.807) is 6.21 Å². The minimum atomic E-state index is -0.211. The van der Waals surface area contributed by atoms with E-state index < -0.39 is 0 Å². The Balaban J connectivity index is 1.46. The molecule has 150 valence electrons. The molecule has 0 radical (unpaired) electrons. The number of benzene rings is 3. The van der Waals surface area contributed by atoms with Crippen LogP contribution < -0.4 is 5.43 Å². The summed E-state index contributed by atoms with van der Waals surface area (Å²) in [4.78, 5) is 12.7. The van der Waals surface area contributed by atoms with Crippen LogP contribution in [0.25, 0.3) is 10.9 Å². The van der Waals surface area contributed by atoms with Crippen molar-refractivity contribution in [1.82, 2.24) is 9.99 Å². The number of aromatic nitrogens is 1. The number of hydrogen-bond acceptors (Lipinski definition) is 2. The number of fused-ring (bicyclic) bond motifs is 1. The summed E-state index contributed by atoms with van der Waals surface area (Å²) in [6, 6.07) is 25.8. The van der Waals surface area contributed by atoms with Crippen LogP contribution in [0.2, 0.25) is 5.02 Å². The van der Waals surface area contributed by atoms with Gasteiger partial charge in [0.1, 0.15) is 0 Å². The summed E-state index contributed by atoms with van der Waals surface area (Å²) in [6.45, 7) is 0.658. The molecule has 1 N–H and O–H groups in total. The Morgan fingerprint density at radius 2 is 1.67 bits per heavy atom. The molecule has 0 spiro atoms. The summed E-state index contributed by atoms with van der Waals surface area (Å²) in [7, 11) is 0. The Labute approximate surface area is 180 Å². The standard InChI is InChI=1S/C25H22ClN3O/c26-21-14-12-20(13-15-21)17-29-18-23(22-10-4-5-11-24(22)29)25(30)28-27-16-6-9-19-7-2-1-3-8-19/h1-5,7-8,10-16,18H,6,9,17H2,(H,28,30)/b27-16+. The van der Waals surface area contributed by atoms with Crippen LogP contribution >= 0.6 is 11.6 Å². The first kappa shape index (κ1) is 19.9. The zero-order chi connectivity index (χ0) is 20.8. The van der Waals surface area contributed by atoms with Crippen LogP contribution in [0.4, 0.5) is 0 Å². The van der Waals surface area contributed by atoms with Gasteiger partial charge in [-0.05, 0) is 42.2 Å². The molecule has 1 aromatic heterocycles. The second-order valence-corrected chi connectivity index (χ2v) is 7.53. The number of halogens is 1. The number of amides is 1. The molecular formula is C25H22ClN3O. The van der Waals surface area contributed by atoms with Gasteiger partial charge < -0.3 is 4.57 Å². The first-order valence-corrected chi connectivity index (χ1v) is 10.3. The molecule has 5 heteroatoms. The van der Waals surface area contributed by atoms with Crippen LogP contribution in [0, 0.1) is 0 Å². The van der Waals surface area contributed by atoms with Gasteiger partial charge in [0.05, 0.1) is 5.56 Å². The molecule has 0 saturated carbocycles. The van der Waals surface area contributed by atoms with Crippen molar-refractivity contribution in [3.63, 3.8) is 0 Å². The van der Waals surface area contributed by atoms with Gasteiger partial charge in [-0.15, -0.1) is 0 Å². The molecule has 1 heterocycles. The summed E-state index contributed by atoms with van der Waals surface area (Å²) < 4.78 is 2.08. The van der Waals surface area contributed by atoms with E-state index >= 15 is 0 Å². The minimum Gasteiger partial charge on any atom is -0.342 e. The van der Waals surface area contributed by atoms with E-state index in [0.717, 1.165) is 29.3 Å². The molecule has 4 rings (SSSR count). The van der Waals surface area contributed by atoms with Crippen molar-refractivity contribution < 1.29 is 4.79 Å². The average Bonchev–Trinajstić information content (AvgIpc) is 3.14. The predicted molar refractivity (Wildman–Crippen MR) is 123 cm³/mol. The van der Waals surface area contributed by atoms with E-state index in [1.165, 1.54) is 5.56 Å². The van der Waals surface area contributed by atoms with Gasteiger partial charge in [-0.2, -0.15) is 5.10 Å². The third-order valence-corrected chi connectivity index (χ3v) is 5.21. The van der Waals surface area contributed by atoms with Crippen LogP contribution in [0.5, 0.6) is 0 Å². The summed E-state index contributed by atoms with van der Waals surface area (Å²) in [5.41, 5.74) is 6.65. The average molecular weight is 416 g/mol. The molecule has 4 nitrogen and oxygen atoms in total. The van der Waals surface area contributed by atoms with Crippen LogP contribution in [-0.4, -0.2) is 16.7 Å². The van der Waals surface area contributed by atoms with Crippen LogP contribution in [-0.2, 0) is 13.0 Å². The van der Waals surface area contributed by atoms with Crippen molar-refractivity contribution in [2.75, 3.05) is 0 Å². The summed E-state index contributed by atoms with van der Waals surface area (Å²) in [5.74, 6) is -0.211. The number of nitrogens with zero attached hydrogens (tertiary/aromatic N) is 2. The summed E-state index contributed by atoms with van der Waals surface area (Å²) in [5, 5.41) is 5.74. The lowest BCUT2D eigenvalue weighted by atomic mass is 10.1. The van der Waals surface area contributed by atoms with Gasteiger partial charge in [0.15, 0.2) is 0 Å². The molecule has 1 amide bonds. The normalized spacial score (nSPS) is 11.2. The maximum absolute atomic E-state index is 12.7. The fraction of sp³-hybridized carbons (Fsp3) is 0.120. The Morgan fingerprint density at radius 1 is 0.933 bits per heavy atom. The Bertz CT molecular complexity index is 1160. The maximum atomic E-state index is 12.7. The van der Waals surface area contributed by atoms with E-state index in [4.69, 9.17) is 11.6 Å². The highest BCUT2D eigenvalue weighted by molar-refractivity contribution is 6.30. The summed E-state index contributed by atoms with van der Waals surface area (Å²) >= 11 is 5.99. The van der Waals surface area contributed by atoms with Gasteiger partial charge in [0.25, 0.3) is 5.91 Å². The van der Waals surface area contributed by atoms with Gasteiger partial charge in [0, 0.05) is 34.9 Å². The smallest absolute Gasteiger partial charge is 0.273 e. The number of nitrogens with one attached hydrogen (secondary N) is 1. The van der Waals surface area contributed by atoms with E-state index in [0.29, 0.717) is 17.1 Å². The molecule has 4 aromatic rings. The van der Waals surface area contributed by atoms with Crippen molar-refractivity contribution in [3.05, 3.63) is 107 Å².